The van der Waals surface area contributed by atoms with E-state index in [-0.39, 0.29) is 17.9 Å². The zero-order chi connectivity index (χ0) is 26.7. The van der Waals surface area contributed by atoms with E-state index in [1.165, 1.54) is 12.0 Å². The topological polar surface area (TPSA) is 49.4 Å². The quantitative estimate of drug-likeness (QED) is 0.281. The Labute approximate surface area is 236 Å². The van der Waals surface area contributed by atoms with Gasteiger partial charge in [-0.1, -0.05) is 103 Å². The van der Waals surface area contributed by atoms with Crippen LogP contribution in [0.5, 0.6) is 0 Å². The molecule has 38 heavy (non-hydrogen) atoms. The van der Waals surface area contributed by atoms with Gasteiger partial charge in [0, 0.05) is 29.8 Å². The van der Waals surface area contributed by atoms with E-state index in [9.17, 15) is 9.59 Å². The standard InChI is InChI=1S/C32H37ClN2O2S/c1-24-12-14-26(15-13-24)21-35(31(36)23-38-22-27-16-18-28(33)19-17-27)30(20-25-8-4-2-5-9-25)32(37)34-29-10-6-3-7-11-29/h2,4-5,8-9,12-19,29-30H,3,6-7,10-11,20-23H2,1H3,(H,34,37)/t30-/m1/s1. The molecule has 0 aromatic heterocycles. The van der Waals surface area contributed by atoms with Crippen molar-refractivity contribution in [3.63, 3.8) is 0 Å². The van der Waals surface area contributed by atoms with Crippen molar-refractivity contribution in [2.45, 2.75) is 69.8 Å². The molecule has 0 bridgehead atoms. The lowest BCUT2D eigenvalue weighted by Crippen LogP contribution is -2.53. The average Bonchev–Trinajstić information content (AvgIpc) is 2.94. The smallest absolute Gasteiger partial charge is 0.243 e. The van der Waals surface area contributed by atoms with Crippen LogP contribution < -0.4 is 5.32 Å². The monoisotopic (exact) mass is 548 g/mol. The first-order valence-electron chi connectivity index (χ1n) is 13.5. The Bertz CT molecular complexity index is 1160. The molecule has 4 rings (SSSR count). The Morgan fingerprint density at radius 1 is 0.895 bits per heavy atom. The molecule has 6 heteroatoms. The summed E-state index contributed by atoms with van der Waals surface area (Å²) < 4.78 is 0. The van der Waals surface area contributed by atoms with Crippen molar-refractivity contribution in [3.05, 3.63) is 106 Å². The number of hydrogen-bond acceptors (Lipinski definition) is 3. The molecule has 1 aliphatic carbocycles. The largest absolute Gasteiger partial charge is 0.352 e. The van der Waals surface area contributed by atoms with Gasteiger partial charge in [-0.2, -0.15) is 0 Å². The predicted octanol–water partition coefficient (Wildman–Crippen LogP) is 6.97. The number of nitrogens with zero attached hydrogens (tertiary/aromatic N) is 1. The maximum atomic E-state index is 13.8. The van der Waals surface area contributed by atoms with Gasteiger partial charge in [0.2, 0.25) is 11.8 Å². The fourth-order valence-corrected chi connectivity index (χ4v) is 5.90. The maximum Gasteiger partial charge on any atom is 0.243 e. The molecular weight excluding hydrogens is 512 g/mol. The second-order valence-corrected chi connectivity index (χ2v) is 11.6. The summed E-state index contributed by atoms with van der Waals surface area (Å²) in [6, 6.07) is 25.5. The molecule has 2 amide bonds. The lowest BCUT2D eigenvalue weighted by atomic mass is 9.94. The molecule has 0 saturated heterocycles. The van der Waals surface area contributed by atoms with Gasteiger partial charge in [-0.15, -0.1) is 11.8 Å². The number of aryl methyl sites for hydroxylation is 1. The molecular formula is C32H37ClN2O2S. The number of rotatable bonds is 11. The molecule has 1 saturated carbocycles. The lowest BCUT2D eigenvalue weighted by molar-refractivity contribution is -0.139. The third-order valence-electron chi connectivity index (χ3n) is 7.10. The van der Waals surface area contributed by atoms with Crippen molar-refractivity contribution in [3.8, 4) is 0 Å². The summed E-state index contributed by atoms with van der Waals surface area (Å²) >= 11 is 7.59. The summed E-state index contributed by atoms with van der Waals surface area (Å²) in [6.07, 6.45) is 6.00. The summed E-state index contributed by atoms with van der Waals surface area (Å²) in [5.74, 6) is 0.934. The number of thioether (sulfide) groups is 1. The normalized spacial score (nSPS) is 14.6. The van der Waals surface area contributed by atoms with E-state index in [1.54, 1.807) is 16.7 Å². The van der Waals surface area contributed by atoms with E-state index >= 15 is 0 Å². The Morgan fingerprint density at radius 2 is 1.55 bits per heavy atom. The van der Waals surface area contributed by atoms with Crippen LogP contribution in [0.15, 0.2) is 78.9 Å². The van der Waals surface area contributed by atoms with E-state index in [0.717, 1.165) is 42.4 Å². The zero-order valence-corrected chi connectivity index (χ0v) is 23.6. The molecule has 0 spiro atoms. The van der Waals surface area contributed by atoms with Crippen molar-refractivity contribution >= 4 is 35.2 Å². The zero-order valence-electron chi connectivity index (χ0n) is 22.1. The van der Waals surface area contributed by atoms with Crippen LogP contribution >= 0.6 is 23.4 Å². The predicted molar refractivity (Wildman–Crippen MR) is 158 cm³/mol. The number of amides is 2. The SMILES string of the molecule is Cc1ccc(CN(C(=O)CSCc2ccc(Cl)cc2)[C@H](Cc2ccccc2)C(=O)NC2CCCCC2)cc1. The van der Waals surface area contributed by atoms with Gasteiger partial charge in [0.05, 0.1) is 5.75 Å². The summed E-state index contributed by atoms with van der Waals surface area (Å²) in [6.45, 7) is 2.45. The van der Waals surface area contributed by atoms with Gasteiger partial charge >= 0.3 is 0 Å². The summed E-state index contributed by atoms with van der Waals surface area (Å²) in [7, 11) is 0. The van der Waals surface area contributed by atoms with Crippen LogP contribution in [-0.4, -0.2) is 34.6 Å². The fourth-order valence-electron chi connectivity index (χ4n) is 4.91. The third kappa shape index (κ3) is 8.64. The highest BCUT2D eigenvalue weighted by molar-refractivity contribution is 7.99. The second kappa shape index (κ2) is 14.4. The highest BCUT2D eigenvalue weighted by Crippen LogP contribution is 2.22. The van der Waals surface area contributed by atoms with Crippen LogP contribution in [-0.2, 0) is 28.3 Å². The van der Waals surface area contributed by atoms with Crippen LogP contribution in [0.4, 0.5) is 0 Å². The first-order valence-corrected chi connectivity index (χ1v) is 15.0. The van der Waals surface area contributed by atoms with Crippen molar-refractivity contribution in [1.29, 1.82) is 0 Å². The molecule has 4 nitrogen and oxygen atoms in total. The molecule has 1 N–H and O–H groups in total. The van der Waals surface area contributed by atoms with Gasteiger partial charge in [-0.3, -0.25) is 9.59 Å². The van der Waals surface area contributed by atoms with Gasteiger partial charge in [0.1, 0.15) is 6.04 Å². The molecule has 1 fully saturated rings. The molecule has 0 aliphatic heterocycles. The molecule has 3 aromatic carbocycles. The summed E-state index contributed by atoms with van der Waals surface area (Å²) in [4.78, 5) is 29.4. The molecule has 1 atom stereocenters. The van der Waals surface area contributed by atoms with E-state index in [2.05, 4.69) is 36.5 Å². The number of carbonyl (C=O) groups is 2. The Balaban J connectivity index is 1.55. The molecule has 0 heterocycles. The number of carbonyl (C=O) groups excluding carboxylic acids is 2. The van der Waals surface area contributed by atoms with E-state index in [1.807, 2.05) is 54.6 Å². The fraction of sp³-hybridized carbons (Fsp3) is 0.375. The third-order valence-corrected chi connectivity index (χ3v) is 8.34. The number of halogens is 1. The van der Waals surface area contributed by atoms with Crippen molar-refractivity contribution in [2.24, 2.45) is 0 Å². The van der Waals surface area contributed by atoms with Gasteiger partial charge in [0.25, 0.3) is 0 Å². The first kappa shape index (κ1) is 28.3. The second-order valence-electron chi connectivity index (χ2n) is 10.2. The van der Waals surface area contributed by atoms with Gasteiger partial charge < -0.3 is 10.2 Å². The van der Waals surface area contributed by atoms with Crippen LogP contribution in [0.3, 0.4) is 0 Å². The van der Waals surface area contributed by atoms with Crippen molar-refractivity contribution in [1.82, 2.24) is 10.2 Å². The van der Waals surface area contributed by atoms with E-state index in [0.29, 0.717) is 29.5 Å². The Kier molecular flexibility index (Phi) is 10.7. The number of hydrogen-bond donors (Lipinski definition) is 1. The van der Waals surface area contributed by atoms with Crippen molar-refractivity contribution in [2.75, 3.05) is 5.75 Å². The van der Waals surface area contributed by atoms with E-state index in [4.69, 9.17) is 11.6 Å². The average molecular weight is 549 g/mol. The van der Waals surface area contributed by atoms with Crippen molar-refractivity contribution < 1.29 is 9.59 Å². The highest BCUT2D eigenvalue weighted by atomic mass is 35.5. The Hall–Kier alpha value is -2.76. The summed E-state index contributed by atoms with van der Waals surface area (Å²) in [5, 5.41) is 4.01. The van der Waals surface area contributed by atoms with Crippen LogP contribution in [0, 0.1) is 6.92 Å². The molecule has 3 aromatic rings. The van der Waals surface area contributed by atoms with E-state index < -0.39 is 6.04 Å². The molecule has 1 aliphatic rings. The minimum atomic E-state index is -0.579. The van der Waals surface area contributed by atoms with Crippen LogP contribution in [0.2, 0.25) is 5.02 Å². The number of benzene rings is 3. The minimum Gasteiger partial charge on any atom is -0.352 e. The van der Waals surface area contributed by atoms with Gasteiger partial charge in [-0.05, 0) is 48.6 Å². The maximum absolute atomic E-state index is 13.8. The summed E-state index contributed by atoms with van der Waals surface area (Å²) in [5.41, 5.74) is 4.36. The number of nitrogens with one attached hydrogen (secondary N) is 1. The van der Waals surface area contributed by atoms with Crippen LogP contribution in [0.25, 0.3) is 0 Å². The highest BCUT2D eigenvalue weighted by Gasteiger charge is 2.31. The minimum absolute atomic E-state index is 0.0238. The van der Waals surface area contributed by atoms with Gasteiger partial charge in [-0.25, -0.2) is 0 Å². The Morgan fingerprint density at radius 3 is 2.24 bits per heavy atom. The lowest BCUT2D eigenvalue weighted by Gasteiger charge is -2.33. The molecule has 0 unspecified atom stereocenters. The molecule has 0 radical (unpaired) electrons. The molecule has 200 valence electrons. The first-order chi connectivity index (χ1) is 18.5. The van der Waals surface area contributed by atoms with Gasteiger partial charge in [0.15, 0.2) is 0 Å². The van der Waals surface area contributed by atoms with Crippen LogP contribution in [0.1, 0.15) is 54.4 Å².